The van der Waals surface area contributed by atoms with E-state index in [4.69, 9.17) is 11.6 Å². The number of rotatable bonds is 7. The molecular formula is C14H21ClFN. The molecule has 1 N–H and O–H groups in total. The predicted molar refractivity (Wildman–Crippen MR) is 71.9 cm³/mol. The molecule has 1 atom stereocenters. The summed E-state index contributed by atoms with van der Waals surface area (Å²) in [5.74, 6) is -0.283. The number of nitrogens with one attached hydrogen (secondary N) is 1. The van der Waals surface area contributed by atoms with Crippen LogP contribution in [0, 0.1) is 5.82 Å². The van der Waals surface area contributed by atoms with Gasteiger partial charge in [0.05, 0.1) is 0 Å². The van der Waals surface area contributed by atoms with Gasteiger partial charge in [-0.2, -0.15) is 0 Å². The van der Waals surface area contributed by atoms with Gasteiger partial charge in [0.25, 0.3) is 0 Å². The quantitative estimate of drug-likeness (QED) is 0.708. The van der Waals surface area contributed by atoms with Gasteiger partial charge in [0.1, 0.15) is 5.82 Å². The summed E-state index contributed by atoms with van der Waals surface area (Å²) < 4.78 is 12.8. The second-order valence-corrected chi connectivity index (χ2v) is 4.92. The topological polar surface area (TPSA) is 12.0 Å². The molecule has 0 aliphatic carbocycles. The van der Waals surface area contributed by atoms with Gasteiger partial charge in [-0.05, 0) is 31.0 Å². The van der Waals surface area contributed by atoms with Crippen LogP contribution in [0.4, 0.5) is 4.39 Å². The fraction of sp³-hybridized carbons (Fsp3) is 0.571. The van der Waals surface area contributed by atoms with Crippen molar-refractivity contribution in [2.24, 2.45) is 0 Å². The number of hydrogen-bond acceptors (Lipinski definition) is 1. The average Bonchev–Trinajstić information content (AvgIpc) is 2.28. The smallest absolute Gasteiger partial charge is 0.124 e. The Balaban J connectivity index is 2.34. The largest absolute Gasteiger partial charge is 0.310 e. The molecule has 0 saturated carbocycles. The minimum atomic E-state index is -0.283. The summed E-state index contributed by atoms with van der Waals surface area (Å²) in [6.07, 6.45) is 4.95. The van der Waals surface area contributed by atoms with Crippen molar-refractivity contribution in [3.8, 4) is 0 Å². The Morgan fingerprint density at radius 3 is 2.76 bits per heavy atom. The van der Waals surface area contributed by atoms with Gasteiger partial charge in [0.15, 0.2) is 0 Å². The van der Waals surface area contributed by atoms with Crippen LogP contribution in [-0.2, 0) is 6.54 Å². The van der Waals surface area contributed by atoms with Crippen LogP contribution >= 0.6 is 11.6 Å². The van der Waals surface area contributed by atoms with E-state index in [0.717, 1.165) is 5.56 Å². The molecule has 0 fully saturated rings. The van der Waals surface area contributed by atoms with Crippen LogP contribution in [0.1, 0.15) is 45.1 Å². The van der Waals surface area contributed by atoms with E-state index in [2.05, 4.69) is 19.2 Å². The molecule has 0 heterocycles. The van der Waals surface area contributed by atoms with Crippen LogP contribution in [0.25, 0.3) is 0 Å². The molecule has 0 radical (unpaired) electrons. The SMILES string of the molecule is CCCCCC(C)NCc1ccc(F)cc1Cl. The summed E-state index contributed by atoms with van der Waals surface area (Å²) in [4.78, 5) is 0. The second-order valence-electron chi connectivity index (χ2n) is 4.51. The third kappa shape index (κ3) is 5.51. The van der Waals surface area contributed by atoms with Crippen molar-refractivity contribution < 1.29 is 4.39 Å². The van der Waals surface area contributed by atoms with Crippen molar-refractivity contribution in [3.63, 3.8) is 0 Å². The predicted octanol–water partition coefficient (Wildman–Crippen LogP) is 4.54. The fourth-order valence-corrected chi connectivity index (χ4v) is 1.99. The number of halogens is 2. The highest BCUT2D eigenvalue weighted by atomic mass is 35.5. The monoisotopic (exact) mass is 257 g/mol. The third-order valence-electron chi connectivity index (χ3n) is 2.90. The standard InChI is InChI=1S/C14H21ClFN/c1-3-4-5-6-11(2)17-10-12-7-8-13(16)9-14(12)15/h7-9,11,17H,3-6,10H2,1-2H3. The zero-order valence-electron chi connectivity index (χ0n) is 10.6. The Hall–Kier alpha value is -0.600. The number of benzene rings is 1. The first-order chi connectivity index (χ1) is 8.13. The molecule has 1 nitrogen and oxygen atoms in total. The van der Waals surface area contributed by atoms with Crippen LogP contribution in [0.5, 0.6) is 0 Å². The van der Waals surface area contributed by atoms with E-state index in [9.17, 15) is 4.39 Å². The van der Waals surface area contributed by atoms with Gasteiger partial charge in [0, 0.05) is 17.6 Å². The molecule has 0 aliphatic heterocycles. The normalized spacial score (nSPS) is 12.7. The maximum Gasteiger partial charge on any atom is 0.124 e. The molecule has 0 aliphatic rings. The highest BCUT2D eigenvalue weighted by Crippen LogP contribution is 2.17. The lowest BCUT2D eigenvalue weighted by Crippen LogP contribution is -2.25. The van der Waals surface area contributed by atoms with Gasteiger partial charge >= 0.3 is 0 Å². The molecule has 1 unspecified atom stereocenters. The highest BCUT2D eigenvalue weighted by molar-refractivity contribution is 6.31. The molecule has 1 aromatic carbocycles. The maximum atomic E-state index is 12.8. The van der Waals surface area contributed by atoms with E-state index in [1.54, 1.807) is 6.07 Å². The van der Waals surface area contributed by atoms with E-state index in [-0.39, 0.29) is 5.82 Å². The lowest BCUT2D eigenvalue weighted by Gasteiger charge is -2.14. The zero-order chi connectivity index (χ0) is 12.7. The van der Waals surface area contributed by atoms with Gasteiger partial charge in [-0.25, -0.2) is 4.39 Å². The summed E-state index contributed by atoms with van der Waals surface area (Å²) in [6, 6.07) is 5.02. The number of hydrogen-bond donors (Lipinski definition) is 1. The zero-order valence-corrected chi connectivity index (χ0v) is 11.4. The molecule has 0 bridgehead atoms. The van der Waals surface area contributed by atoms with Gasteiger partial charge in [-0.15, -0.1) is 0 Å². The van der Waals surface area contributed by atoms with Crippen molar-refractivity contribution in [1.29, 1.82) is 0 Å². The molecular weight excluding hydrogens is 237 g/mol. The minimum absolute atomic E-state index is 0.283. The summed E-state index contributed by atoms with van der Waals surface area (Å²) in [5.41, 5.74) is 0.954. The van der Waals surface area contributed by atoms with Crippen molar-refractivity contribution in [2.75, 3.05) is 0 Å². The van der Waals surface area contributed by atoms with Crippen molar-refractivity contribution in [2.45, 2.75) is 52.1 Å². The van der Waals surface area contributed by atoms with Crippen LogP contribution in [0.15, 0.2) is 18.2 Å². The minimum Gasteiger partial charge on any atom is -0.310 e. The maximum absolute atomic E-state index is 12.8. The fourth-order valence-electron chi connectivity index (χ4n) is 1.75. The van der Waals surface area contributed by atoms with Crippen LogP contribution in [-0.4, -0.2) is 6.04 Å². The van der Waals surface area contributed by atoms with Crippen molar-refractivity contribution >= 4 is 11.6 Å². The first-order valence-electron chi connectivity index (χ1n) is 6.30. The molecule has 3 heteroatoms. The van der Waals surface area contributed by atoms with E-state index >= 15 is 0 Å². The molecule has 0 amide bonds. The van der Waals surface area contributed by atoms with Gasteiger partial charge in [-0.1, -0.05) is 43.9 Å². The third-order valence-corrected chi connectivity index (χ3v) is 3.25. The van der Waals surface area contributed by atoms with Crippen LogP contribution < -0.4 is 5.32 Å². The van der Waals surface area contributed by atoms with Crippen LogP contribution in [0.3, 0.4) is 0 Å². The molecule has 17 heavy (non-hydrogen) atoms. The van der Waals surface area contributed by atoms with Crippen molar-refractivity contribution in [1.82, 2.24) is 5.32 Å². The van der Waals surface area contributed by atoms with Gasteiger partial charge < -0.3 is 5.32 Å². The summed E-state index contributed by atoms with van der Waals surface area (Å²) in [6.45, 7) is 5.08. The lowest BCUT2D eigenvalue weighted by molar-refractivity contribution is 0.487. The van der Waals surface area contributed by atoms with E-state index in [1.807, 2.05) is 0 Å². The highest BCUT2D eigenvalue weighted by Gasteiger charge is 2.04. The Morgan fingerprint density at radius 1 is 1.35 bits per heavy atom. The molecule has 96 valence electrons. The average molecular weight is 258 g/mol. The molecule has 0 saturated heterocycles. The van der Waals surface area contributed by atoms with Gasteiger partial charge in [-0.3, -0.25) is 0 Å². The Morgan fingerprint density at radius 2 is 2.12 bits per heavy atom. The lowest BCUT2D eigenvalue weighted by atomic mass is 10.1. The molecule has 0 spiro atoms. The first kappa shape index (κ1) is 14.5. The molecule has 0 aromatic heterocycles. The molecule has 1 aromatic rings. The van der Waals surface area contributed by atoms with E-state index in [0.29, 0.717) is 17.6 Å². The Kier molecular flexibility index (Phi) is 6.53. The molecule has 1 rings (SSSR count). The van der Waals surface area contributed by atoms with Crippen molar-refractivity contribution in [3.05, 3.63) is 34.6 Å². The summed E-state index contributed by atoms with van der Waals surface area (Å²) in [7, 11) is 0. The summed E-state index contributed by atoms with van der Waals surface area (Å²) in [5, 5.41) is 3.91. The Bertz CT molecular complexity index is 341. The summed E-state index contributed by atoms with van der Waals surface area (Å²) >= 11 is 5.96. The Labute approximate surface area is 108 Å². The second kappa shape index (κ2) is 7.67. The first-order valence-corrected chi connectivity index (χ1v) is 6.68. The van der Waals surface area contributed by atoms with Crippen LogP contribution in [0.2, 0.25) is 5.02 Å². The van der Waals surface area contributed by atoms with Gasteiger partial charge in [0.2, 0.25) is 0 Å². The number of unbranched alkanes of at least 4 members (excludes halogenated alkanes) is 2. The van der Waals surface area contributed by atoms with E-state index in [1.165, 1.54) is 37.8 Å². The van der Waals surface area contributed by atoms with E-state index < -0.39 is 0 Å².